The van der Waals surface area contributed by atoms with Crippen LogP contribution in [0.25, 0.3) is 0 Å². The van der Waals surface area contributed by atoms with Crippen molar-refractivity contribution in [3.8, 4) is 0 Å². The van der Waals surface area contributed by atoms with E-state index in [9.17, 15) is 0 Å². The zero-order valence-electron chi connectivity index (χ0n) is 13.8. The van der Waals surface area contributed by atoms with Gasteiger partial charge in [-0.3, -0.25) is 0 Å². The molecule has 0 nitrogen and oxygen atoms in total. The fourth-order valence-electron chi connectivity index (χ4n) is 2.66. The van der Waals surface area contributed by atoms with Crippen LogP contribution >= 0.6 is 0 Å². The molecule has 3 aromatic carbocycles. The van der Waals surface area contributed by atoms with E-state index in [-0.39, 0.29) is 17.0 Å². The van der Waals surface area contributed by atoms with E-state index in [0.29, 0.717) is 0 Å². The van der Waals surface area contributed by atoms with Crippen molar-refractivity contribution in [2.45, 2.75) is 20.8 Å². The molecule has 0 saturated heterocycles. The third kappa shape index (κ3) is 4.48. The van der Waals surface area contributed by atoms with E-state index in [4.69, 9.17) is 0 Å². The van der Waals surface area contributed by atoms with E-state index >= 15 is 0 Å². The van der Waals surface area contributed by atoms with Gasteiger partial charge in [0.05, 0.1) is 0 Å². The zero-order chi connectivity index (χ0) is 15.5. The summed E-state index contributed by atoms with van der Waals surface area (Å²) in [6, 6.07) is 27.5. The van der Waals surface area contributed by atoms with Crippen LogP contribution in [0.2, 0.25) is 0 Å². The number of benzene rings is 3. The van der Waals surface area contributed by atoms with E-state index in [2.05, 4.69) is 93.6 Å². The molecule has 0 heterocycles. The first kappa shape index (κ1) is 18.3. The van der Waals surface area contributed by atoms with Gasteiger partial charge in [-0.05, 0) is 0 Å². The summed E-state index contributed by atoms with van der Waals surface area (Å²) in [5.41, 5.74) is 4.00. The molecule has 0 amide bonds. The van der Waals surface area contributed by atoms with Gasteiger partial charge < -0.3 is 17.0 Å². The number of hydrogen-bond acceptors (Lipinski definition) is 0. The molecule has 0 aromatic heterocycles. The summed E-state index contributed by atoms with van der Waals surface area (Å²) < 4.78 is 4.63. The van der Waals surface area contributed by atoms with E-state index in [1.165, 1.54) is 16.7 Å². The molecule has 0 fully saturated rings. The summed E-state index contributed by atoms with van der Waals surface area (Å²) in [4.78, 5) is 0. The standard InChI is InChI=1S/3C7H7.BrH.Sn/c3*1-7-5-3-2-4-6-7;;/h3*3-6H,1H3;1H;/q;;;;+1/p-1. The van der Waals surface area contributed by atoms with Crippen molar-refractivity contribution < 1.29 is 17.0 Å². The normalized spacial score (nSPS) is 10.0. The second kappa shape index (κ2) is 8.16. The van der Waals surface area contributed by atoms with E-state index in [1.807, 2.05) is 0 Å². The number of rotatable bonds is 3. The Morgan fingerprint density at radius 3 is 0.870 bits per heavy atom. The Balaban J connectivity index is 0.00000192. The van der Waals surface area contributed by atoms with Gasteiger partial charge >= 0.3 is 141 Å². The number of aryl methyl sites for hydroxylation is 3. The molecule has 0 N–H and O–H groups in total. The summed E-state index contributed by atoms with van der Waals surface area (Å²) in [6.45, 7) is 6.47. The predicted molar refractivity (Wildman–Crippen MR) is 98.2 cm³/mol. The predicted octanol–water partition coefficient (Wildman–Crippen LogP) is 0.132. The maximum atomic E-state index is 2.34. The van der Waals surface area contributed by atoms with Gasteiger partial charge in [-0.1, -0.05) is 0 Å². The van der Waals surface area contributed by atoms with E-state index in [1.54, 1.807) is 10.7 Å². The van der Waals surface area contributed by atoms with Gasteiger partial charge in [0, 0.05) is 0 Å². The minimum absolute atomic E-state index is 0. The molecule has 0 aliphatic heterocycles. The van der Waals surface area contributed by atoms with Crippen molar-refractivity contribution >= 4 is 30.5 Å². The molecule has 3 rings (SSSR count). The molecule has 3 aromatic rings. The van der Waals surface area contributed by atoms with Crippen LogP contribution in [0.3, 0.4) is 0 Å². The summed E-state index contributed by atoms with van der Waals surface area (Å²) in [6.07, 6.45) is 0. The first-order valence-electron chi connectivity index (χ1n) is 7.71. The Morgan fingerprint density at radius 2 is 0.652 bits per heavy atom. The largest absolute Gasteiger partial charge is 1.00 e. The molecule has 0 saturated carbocycles. The Hall–Kier alpha value is -1.06. The Labute approximate surface area is 157 Å². The van der Waals surface area contributed by atoms with Crippen molar-refractivity contribution in [2.24, 2.45) is 0 Å². The second-order valence-electron chi connectivity index (χ2n) is 5.97. The van der Waals surface area contributed by atoms with E-state index in [0.717, 1.165) is 0 Å². The van der Waals surface area contributed by atoms with Gasteiger partial charge in [0.25, 0.3) is 0 Å². The van der Waals surface area contributed by atoms with Gasteiger partial charge in [0.15, 0.2) is 0 Å². The molecule has 116 valence electrons. The van der Waals surface area contributed by atoms with Crippen LogP contribution in [0.15, 0.2) is 72.8 Å². The summed E-state index contributed by atoms with van der Waals surface area (Å²) >= 11 is -2.06. The van der Waals surface area contributed by atoms with Crippen LogP contribution in [0.5, 0.6) is 0 Å². The van der Waals surface area contributed by atoms with Gasteiger partial charge in [-0.15, -0.1) is 0 Å². The third-order valence-corrected chi connectivity index (χ3v) is 11.8. The van der Waals surface area contributed by atoms with Crippen LogP contribution in [0.4, 0.5) is 0 Å². The van der Waals surface area contributed by atoms with Crippen LogP contribution in [-0.4, -0.2) is 19.8 Å². The van der Waals surface area contributed by atoms with Gasteiger partial charge in [-0.25, -0.2) is 0 Å². The fourth-order valence-corrected chi connectivity index (χ4v) is 9.80. The Kier molecular flexibility index (Phi) is 6.49. The topological polar surface area (TPSA) is 0 Å². The first-order chi connectivity index (χ1) is 10.6. The van der Waals surface area contributed by atoms with Crippen LogP contribution in [0, 0.1) is 20.8 Å². The third-order valence-electron chi connectivity index (χ3n) is 4.02. The second-order valence-corrected chi connectivity index (χ2v) is 13.1. The van der Waals surface area contributed by atoms with Crippen LogP contribution in [0.1, 0.15) is 16.7 Å². The van der Waals surface area contributed by atoms with Gasteiger partial charge in [0.1, 0.15) is 0 Å². The van der Waals surface area contributed by atoms with Gasteiger partial charge in [0.2, 0.25) is 0 Å². The Bertz CT molecular complexity index is 635. The Morgan fingerprint density at radius 1 is 0.435 bits per heavy atom. The molecule has 0 aliphatic carbocycles. The number of hydrogen-bond donors (Lipinski definition) is 0. The monoisotopic (exact) mass is 472 g/mol. The maximum Gasteiger partial charge on any atom is -1.00 e. The molecule has 0 unspecified atom stereocenters. The van der Waals surface area contributed by atoms with Crippen molar-refractivity contribution in [1.29, 1.82) is 0 Å². The average molecular weight is 472 g/mol. The minimum atomic E-state index is -2.06. The molecular formula is C21H21BrSn. The molecule has 0 bridgehead atoms. The maximum absolute atomic E-state index is 2.34. The van der Waals surface area contributed by atoms with Crippen molar-refractivity contribution in [3.63, 3.8) is 0 Å². The molecule has 0 aliphatic rings. The zero-order valence-corrected chi connectivity index (χ0v) is 18.2. The van der Waals surface area contributed by atoms with E-state index < -0.39 is 19.8 Å². The molecule has 0 atom stereocenters. The van der Waals surface area contributed by atoms with Gasteiger partial charge in [-0.2, -0.15) is 0 Å². The summed E-state index contributed by atoms with van der Waals surface area (Å²) in [5, 5.41) is 0. The molecular weight excluding hydrogens is 451 g/mol. The average Bonchev–Trinajstić information content (AvgIpc) is 2.53. The molecule has 0 spiro atoms. The summed E-state index contributed by atoms with van der Waals surface area (Å²) in [5.74, 6) is 0. The molecule has 23 heavy (non-hydrogen) atoms. The molecule has 2 heteroatoms. The quantitative estimate of drug-likeness (QED) is 0.476. The fraction of sp³-hybridized carbons (Fsp3) is 0.143. The van der Waals surface area contributed by atoms with Crippen LogP contribution in [-0.2, 0) is 0 Å². The SMILES string of the molecule is Cc1cc[c]([Sn+]([c]2ccc(C)cc2)[c]2ccc(C)cc2)cc1.[Br-]. The molecule has 0 radical (unpaired) electrons. The van der Waals surface area contributed by atoms with Crippen molar-refractivity contribution in [1.82, 2.24) is 0 Å². The minimum Gasteiger partial charge on any atom is -1.00 e. The van der Waals surface area contributed by atoms with Crippen LogP contribution < -0.4 is 27.7 Å². The smallest absolute Gasteiger partial charge is 1.00 e. The van der Waals surface area contributed by atoms with Crippen molar-refractivity contribution in [3.05, 3.63) is 89.5 Å². The van der Waals surface area contributed by atoms with Crippen molar-refractivity contribution in [2.75, 3.05) is 0 Å². The number of halogens is 1. The summed E-state index contributed by atoms with van der Waals surface area (Å²) in [7, 11) is 0. The first-order valence-corrected chi connectivity index (χ1v) is 12.0.